The molecule has 1 aromatic carbocycles. The molecule has 82 valence electrons. The van der Waals surface area contributed by atoms with E-state index in [4.69, 9.17) is 5.73 Å². The number of rotatable bonds is 4. The molecule has 0 aliphatic carbocycles. The Hall–Kier alpha value is -1.08. The summed E-state index contributed by atoms with van der Waals surface area (Å²) in [5, 5.41) is 0. The highest BCUT2D eigenvalue weighted by atomic mass is 14.5. The molecule has 1 rings (SSSR count). The standard InChI is InChI=1S/C14H21N/c1-12(14(2,3)9-10-15)11-13-7-5-4-6-8-13/h4-8,11H,9-10,15H2,1-3H3/b12-11+. The minimum absolute atomic E-state index is 0.199. The van der Waals surface area contributed by atoms with Gasteiger partial charge in [0.05, 0.1) is 0 Å². The maximum atomic E-state index is 5.62. The van der Waals surface area contributed by atoms with Gasteiger partial charge in [0.25, 0.3) is 0 Å². The lowest BCUT2D eigenvalue weighted by Crippen LogP contribution is -2.18. The average molecular weight is 203 g/mol. The summed E-state index contributed by atoms with van der Waals surface area (Å²) in [6.07, 6.45) is 3.28. The van der Waals surface area contributed by atoms with Crippen molar-refractivity contribution in [3.8, 4) is 0 Å². The molecule has 1 heteroatoms. The van der Waals surface area contributed by atoms with Crippen LogP contribution in [0, 0.1) is 5.41 Å². The van der Waals surface area contributed by atoms with Gasteiger partial charge in [0.15, 0.2) is 0 Å². The summed E-state index contributed by atoms with van der Waals surface area (Å²) in [5.41, 5.74) is 8.47. The summed E-state index contributed by atoms with van der Waals surface area (Å²) in [6.45, 7) is 7.42. The molecule has 0 aromatic heterocycles. The third-order valence-corrected chi connectivity index (χ3v) is 3.02. The second kappa shape index (κ2) is 5.13. The van der Waals surface area contributed by atoms with Gasteiger partial charge in [0.1, 0.15) is 0 Å². The summed E-state index contributed by atoms with van der Waals surface area (Å²) in [7, 11) is 0. The SMILES string of the molecule is C/C(=C\c1ccccc1)C(C)(C)CCN. The first-order valence-corrected chi connectivity index (χ1v) is 5.50. The summed E-state index contributed by atoms with van der Waals surface area (Å²) >= 11 is 0. The third kappa shape index (κ3) is 3.52. The van der Waals surface area contributed by atoms with E-state index in [0.717, 1.165) is 13.0 Å². The number of hydrogen-bond acceptors (Lipinski definition) is 1. The van der Waals surface area contributed by atoms with E-state index in [1.165, 1.54) is 11.1 Å². The lowest BCUT2D eigenvalue weighted by molar-refractivity contribution is 0.418. The molecule has 2 N–H and O–H groups in total. The van der Waals surface area contributed by atoms with Crippen LogP contribution in [0.5, 0.6) is 0 Å². The summed E-state index contributed by atoms with van der Waals surface area (Å²) < 4.78 is 0. The molecule has 0 amide bonds. The molecule has 0 saturated heterocycles. The second-order valence-electron chi connectivity index (χ2n) is 4.66. The molecule has 0 unspecified atom stereocenters. The van der Waals surface area contributed by atoms with Gasteiger partial charge >= 0.3 is 0 Å². The molecule has 15 heavy (non-hydrogen) atoms. The van der Waals surface area contributed by atoms with Crippen LogP contribution in [0.15, 0.2) is 35.9 Å². The van der Waals surface area contributed by atoms with Crippen molar-refractivity contribution in [3.05, 3.63) is 41.5 Å². The Bertz CT molecular complexity index is 322. The minimum Gasteiger partial charge on any atom is -0.330 e. The molecule has 0 bridgehead atoms. The molecule has 0 aliphatic rings. The first kappa shape index (κ1) is 12.0. The van der Waals surface area contributed by atoms with Gasteiger partial charge in [-0.1, -0.05) is 55.8 Å². The van der Waals surface area contributed by atoms with Gasteiger partial charge in [0.2, 0.25) is 0 Å². The number of benzene rings is 1. The summed E-state index contributed by atoms with van der Waals surface area (Å²) in [4.78, 5) is 0. The van der Waals surface area contributed by atoms with Gasteiger partial charge < -0.3 is 5.73 Å². The highest BCUT2D eigenvalue weighted by molar-refractivity contribution is 5.53. The van der Waals surface area contributed by atoms with Gasteiger partial charge in [0, 0.05) is 0 Å². The quantitative estimate of drug-likeness (QED) is 0.796. The topological polar surface area (TPSA) is 26.0 Å². The van der Waals surface area contributed by atoms with Gasteiger partial charge in [-0.15, -0.1) is 0 Å². The van der Waals surface area contributed by atoms with Crippen LogP contribution < -0.4 is 5.73 Å². The van der Waals surface area contributed by atoms with Crippen molar-refractivity contribution in [2.45, 2.75) is 27.2 Å². The van der Waals surface area contributed by atoms with Gasteiger partial charge in [-0.2, -0.15) is 0 Å². The van der Waals surface area contributed by atoms with Crippen LogP contribution in [0.1, 0.15) is 32.8 Å². The van der Waals surface area contributed by atoms with Crippen molar-refractivity contribution in [2.75, 3.05) is 6.54 Å². The number of nitrogens with two attached hydrogens (primary N) is 1. The van der Waals surface area contributed by atoms with E-state index >= 15 is 0 Å². The molecule has 1 nitrogen and oxygen atoms in total. The van der Waals surface area contributed by atoms with Gasteiger partial charge in [-0.25, -0.2) is 0 Å². The predicted molar refractivity (Wildman–Crippen MR) is 67.5 cm³/mol. The molecule has 1 aromatic rings. The monoisotopic (exact) mass is 203 g/mol. The fraction of sp³-hybridized carbons (Fsp3) is 0.429. The van der Waals surface area contributed by atoms with Crippen LogP contribution in [0.3, 0.4) is 0 Å². The lowest BCUT2D eigenvalue weighted by atomic mass is 9.81. The molecular weight excluding hydrogens is 182 g/mol. The van der Waals surface area contributed by atoms with E-state index in [-0.39, 0.29) is 5.41 Å². The van der Waals surface area contributed by atoms with E-state index < -0.39 is 0 Å². The molecule has 0 heterocycles. The van der Waals surface area contributed by atoms with Crippen molar-refractivity contribution in [1.82, 2.24) is 0 Å². The van der Waals surface area contributed by atoms with Crippen molar-refractivity contribution in [1.29, 1.82) is 0 Å². The second-order valence-corrected chi connectivity index (χ2v) is 4.66. The van der Waals surface area contributed by atoms with Crippen molar-refractivity contribution < 1.29 is 0 Å². The molecule has 0 radical (unpaired) electrons. The fourth-order valence-corrected chi connectivity index (χ4v) is 1.55. The summed E-state index contributed by atoms with van der Waals surface area (Å²) in [6, 6.07) is 10.4. The highest BCUT2D eigenvalue weighted by Crippen LogP contribution is 2.30. The zero-order chi connectivity index (χ0) is 11.3. The maximum absolute atomic E-state index is 5.62. The van der Waals surface area contributed by atoms with E-state index in [2.05, 4.69) is 51.1 Å². The van der Waals surface area contributed by atoms with Gasteiger partial charge in [-0.05, 0) is 30.9 Å². The third-order valence-electron chi connectivity index (χ3n) is 3.02. The van der Waals surface area contributed by atoms with E-state index in [1.54, 1.807) is 0 Å². The Morgan fingerprint density at radius 2 is 1.87 bits per heavy atom. The fourth-order valence-electron chi connectivity index (χ4n) is 1.55. The number of hydrogen-bond donors (Lipinski definition) is 1. The van der Waals surface area contributed by atoms with Crippen LogP contribution in [-0.2, 0) is 0 Å². The molecule has 0 atom stereocenters. The molecule has 0 saturated carbocycles. The summed E-state index contributed by atoms with van der Waals surface area (Å²) in [5.74, 6) is 0. The normalized spacial score (nSPS) is 12.9. The Morgan fingerprint density at radius 3 is 2.40 bits per heavy atom. The Morgan fingerprint density at radius 1 is 1.27 bits per heavy atom. The smallest absolute Gasteiger partial charge is 0.00691 e. The first-order valence-electron chi connectivity index (χ1n) is 5.50. The Labute approximate surface area is 93.0 Å². The van der Waals surface area contributed by atoms with Crippen molar-refractivity contribution >= 4 is 6.08 Å². The van der Waals surface area contributed by atoms with Crippen LogP contribution >= 0.6 is 0 Å². The largest absolute Gasteiger partial charge is 0.330 e. The van der Waals surface area contributed by atoms with E-state index in [0.29, 0.717) is 0 Å². The van der Waals surface area contributed by atoms with Crippen molar-refractivity contribution in [2.24, 2.45) is 11.1 Å². The van der Waals surface area contributed by atoms with Crippen LogP contribution in [-0.4, -0.2) is 6.54 Å². The zero-order valence-electron chi connectivity index (χ0n) is 9.96. The van der Waals surface area contributed by atoms with Crippen molar-refractivity contribution in [3.63, 3.8) is 0 Å². The zero-order valence-corrected chi connectivity index (χ0v) is 9.96. The highest BCUT2D eigenvalue weighted by Gasteiger charge is 2.18. The Kier molecular flexibility index (Phi) is 4.10. The molecular formula is C14H21N. The molecule has 0 fully saturated rings. The molecule has 0 aliphatic heterocycles. The minimum atomic E-state index is 0.199. The van der Waals surface area contributed by atoms with Crippen LogP contribution in [0.2, 0.25) is 0 Å². The van der Waals surface area contributed by atoms with Crippen LogP contribution in [0.25, 0.3) is 6.08 Å². The van der Waals surface area contributed by atoms with Crippen LogP contribution in [0.4, 0.5) is 0 Å². The predicted octanol–water partition coefficient (Wildman–Crippen LogP) is 3.46. The average Bonchev–Trinajstić information content (AvgIpc) is 2.19. The first-order chi connectivity index (χ1) is 7.06. The Balaban J connectivity index is 2.84. The number of allylic oxidation sites excluding steroid dienone is 1. The molecule has 0 spiro atoms. The maximum Gasteiger partial charge on any atom is -0.00691 e. The van der Waals surface area contributed by atoms with E-state index in [1.807, 2.05) is 6.07 Å². The van der Waals surface area contributed by atoms with Gasteiger partial charge in [-0.3, -0.25) is 0 Å². The lowest BCUT2D eigenvalue weighted by Gasteiger charge is -2.25. The van der Waals surface area contributed by atoms with E-state index in [9.17, 15) is 0 Å².